The van der Waals surface area contributed by atoms with Crippen LogP contribution in [0.3, 0.4) is 0 Å². The minimum atomic E-state index is -0.0174. The molecule has 2 atom stereocenters. The fourth-order valence-corrected chi connectivity index (χ4v) is 1.57. The summed E-state index contributed by atoms with van der Waals surface area (Å²) in [4.78, 5) is 10.9. The lowest BCUT2D eigenvalue weighted by molar-refractivity contribution is -0.141. The molecule has 2 nitrogen and oxygen atoms in total. The van der Waals surface area contributed by atoms with Gasteiger partial charge in [0.1, 0.15) is 6.10 Å². The highest BCUT2D eigenvalue weighted by atomic mass is 16.5. The van der Waals surface area contributed by atoms with E-state index >= 15 is 0 Å². The first-order valence-corrected chi connectivity index (χ1v) is 4.79. The maximum Gasteiger partial charge on any atom is 0.306 e. The zero-order valence-corrected chi connectivity index (χ0v) is 8.17. The zero-order chi connectivity index (χ0) is 9.14. The average Bonchev–Trinajstić information content (AvgIpc) is 2.26. The molecule has 0 saturated carbocycles. The molecule has 1 rings (SSSR count). The lowest BCUT2D eigenvalue weighted by atomic mass is 9.96. The van der Waals surface area contributed by atoms with Crippen molar-refractivity contribution in [1.29, 1.82) is 0 Å². The van der Waals surface area contributed by atoms with Crippen molar-refractivity contribution < 1.29 is 9.53 Å². The van der Waals surface area contributed by atoms with Gasteiger partial charge in [-0.3, -0.25) is 4.79 Å². The van der Waals surface area contributed by atoms with Crippen LogP contribution in [0, 0.1) is 11.8 Å². The van der Waals surface area contributed by atoms with Crippen molar-refractivity contribution in [3.05, 3.63) is 0 Å². The van der Waals surface area contributed by atoms with Crippen molar-refractivity contribution >= 4 is 5.97 Å². The van der Waals surface area contributed by atoms with E-state index in [9.17, 15) is 4.79 Å². The molecule has 1 heterocycles. The Morgan fingerprint density at radius 3 is 2.67 bits per heavy atom. The summed E-state index contributed by atoms with van der Waals surface area (Å²) in [5.41, 5.74) is 0. The molecular formula is C10H18O2. The molecule has 1 saturated heterocycles. The molecule has 0 N–H and O–H groups in total. The summed E-state index contributed by atoms with van der Waals surface area (Å²) < 4.78 is 5.19. The number of hydrogen-bond acceptors (Lipinski definition) is 2. The van der Waals surface area contributed by atoms with Crippen molar-refractivity contribution in [1.82, 2.24) is 0 Å². The number of carbonyl (C=O) groups is 1. The van der Waals surface area contributed by atoms with Crippen LogP contribution in [0.15, 0.2) is 0 Å². The van der Waals surface area contributed by atoms with E-state index in [0.29, 0.717) is 18.3 Å². The van der Waals surface area contributed by atoms with Gasteiger partial charge in [0.25, 0.3) is 0 Å². The Balaban J connectivity index is 2.28. The minimum absolute atomic E-state index is 0.0174. The Morgan fingerprint density at radius 2 is 2.25 bits per heavy atom. The van der Waals surface area contributed by atoms with Gasteiger partial charge in [-0.05, 0) is 18.8 Å². The molecule has 1 aliphatic rings. The maximum absolute atomic E-state index is 10.9. The van der Waals surface area contributed by atoms with Crippen molar-refractivity contribution in [2.75, 3.05) is 0 Å². The molecule has 12 heavy (non-hydrogen) atoms. The predicted octanol–water partition coefficient (Wildman–Crippen LogP) is 2.37. The van der Waals surface area contributed by atoms with Gasteiger partial charge in [0.05, 0.1) is 6.42 Å². The average molecular weight is 170 g/mol. The first-order chi connectivity index (χ1) is 5.59. The molecule has 0 aromatic rings. The molecule has 1 aliphatic heterocycles. The van der Waals surface area contributed by atoms with Gasteiger partial charge in [0.2, 0.25) is 0 Å². The van der Waals surface area contributed by atoms with Crippen molar-refractivity contribution in [3.8, 4) is 0 Å². The number of esters is 1. The standard InChI is InChI=1S/C10H18O2/c1-7(2)4-5-9-8(3)6-10(11)12-9/h7-9H,4-6H2,1-3H3/t8-,9-/m0/s1. The van der Waals surface area contributed by atoms with Gasteiger partial charge in [0.15, 0.2) is 0 Å². The smallest absolute Gasteiger partial charge is 0.306 e. The second-order valence-corrected chi connectivity index (χ2v) is 4.18. The Morgan fingerprint density at radius 1 is 1.58 bits per heavy atom. The van der Waals surface area contributed by atoms with Crippen molar-refractivity contribution in [2.45, 2.75) is 46.1 Å². The number of carbonyl (C=O) groups excluding carboxylic acids is 1. The number of ether oxygens (including phenoxy) is 1. The van der Waals surface area contributed by atoms with Crippen LogP contribution in [0.4, 0.5) is 0 Å². The van der Waals surface area contributed by atoms with Crippen LogP contribution in [-0.2, 0) is 9.53 Å². The third kappa shape index (κ3) is 2.50. The highest BCUT2D eigenvalue weighted by molar-refractivity contribution is 5.71. The van der Waals surface area contributed by atoms with Gasteiger partial charge in [-0.15, -0.1) is 0 Å². The Bertz CT molecular complexity index is 163. The van der Waals surface area contributed by atoms with Crippen molar-refractivity contribution in [2.24, 2.45) is 11.8 Å². The summed E-state index contributed by atoms with van der Waals surface area (Å²) in [5.74, 6) is 1.11. The first-order valence-electron chi connectivity index (χ1n) is 4.79. The van der Waals surface area contributed by atoms with Gasteiger partial charge in [-0.2, -0.15) is 0 Å². The van der Waals surface area contributed by atoms with Gasteiger partial charge >= 0.3 is 5.97 Å². The molecule has 1 fully saturated rings. The fourth-order valence-electron chi connectivity index (χ4n) is 1.57. The number of cyclic esters (lactones) is 1. The lowest BCUT2D eigenvalue weighted by Gasteiger charge is -2.14. The van der Waals surface area contributed by atoms with Crippen LogP contribution in [0.25, 0.3) is 0 Å². The van der Waals surface area contributed by atoms with Gasteiger partial charge in [-0.25, -0.2) is 0 Å². The molecule has 70 valence electrons. The second-order valence-electron chi connectivity index (χ2n) is 4.18. The minimum Gasteiger partial charge on any atom is -0.462 e. The number of hydrogen-bond donors (Lipinski definition) is 0. The van der Waals surface area contributed by atoms with E-state index in [0.717, 1.165) is 12.8 Å². The molecule has 0 aromatic heterocycles. The summed E-state index contributed by atoms with van der Waals surface area (Å²) in [6, 6.07) is 0. The van der Waals surface area contributed by atoms with E-state index in [1.54, 1.807) is 0 Å². The topological polar surface area (TPSA) is 26.3 Å². The molecule has 0 spiro atoms. The normalized spacial score (nSPS) is 29.5. The van der Waals surface area contributed by atoms with E-state index in [-0.39, 0.29) is 12.1 Å². The molecule has 0 unspecified atom stereocenters. The third-order valence-corrected chi connectivity index (χ3v) is 2.43. The molecule has 0 radical (unpaired) electrons. The van der Waals surface area contributed by atoms with Gasteiger partial charge in [0, 0.05) is 5.92 Å². The molecule has 2 heteroatoms. The fraction of sp³-hybridized carbons (Fsp3) is 0.900. The highest BCUT2D eigenvalue weighted by Gasteiger charge is 2.30. The molecule has 0 aliphatic carbocycles. The summed E-state index contributed by atoms with van der Waals surface area (Å²) >= 11 is 0. The molecule has 0 aromatic carbocycles. The van der Waals surface area contributed by atoms with Crippen molar-refractivity contribution in [3.63, 3.8) is 0 Å². The van der Waals surface area contributed by atoms with Crippen LogP contribution >= 0.6 is 0 Å². The Hall–Kier alpha value is -0.530. The van der Waals surface area contributed by atoms with Crippen LogP contribution in [0.2, 0.25) is 0 Å². The van der Waals surface area contributed by atoms with Crippen LogP contribution < -0.4 is 0 Å². The van der Waals surface area contributed by atoms with E-state index < -0.39 is 0 Å². The monoisotopic (exact) mass is 170 g/mol. The summed E-state index contributed by atoms with van der Waals surface area (Å²) in [7, 11) is 0. The second kappa shape index (κ2) is 3.92. The summed E-state index contributed by atoms with van der Waals surface area (Å²) in [6.07, 6.45) is 3.00. The Labute approximate surface area is 74.3 Å². The summed E-state index contributed by atoms with van der Waals surface area (Å²) in [5, 5.41) is 0. The van der Waals surface area contributed by atoms with Crippen LogP contribution in [0.5, 0.6) is 0 Å². The predicted molar refractivity (Wildman–Crippen MR) is 47.7 cm³/mol. The van der Waals surface area contributed by atoms with E-state index in [4.69, 9.17) is 4.74 Å². The maximum atomic E-state index is 10.9. The quantitative estimate of drug-likeness (QED) is 0.608. The van der Waals surface area contributed by atoms with Gasteiger partial charge < -0.3 is 4.74 Å². The summed E-state index contributed by atoms with van der Waals surface area (Å²) in [6.45, 7) is 6.48. The highest BCUT2D eigenvalue weighted by Crippen LogP contribution is 2.26. The van der Waals surface area contributed by atoms with E-state index in [1.807, 2.05) is 0 Å². The van der Waals surface area contributed by atoms with Crippen LogP contribution in [-0.4, -0.2) is 12.1 Å². The molecule has 0 amide bonds. The first kappa shape index (κ1) is 9.56. The van der Waals surface area contributed by atoms with Gasteiger partial charge in [-0.1, -0.05) is 20.8 Å². The molecule has 0 bridgehead atoms. The zero-order valence-electron chi connectivity index (χ0n) is 8.17. The Kier molecular flexibility index (Phi) is 3.12. The van der Waals surface area contributed by atoms with E-state index in [1.165, 1.54) is 0 Å². The third-order valence-electron chi connectivity index (χ3n) is 2.43. The lowest BCUT2D eigenvalue weighted by Crippen LogP contribution is -2.14. The molecular weight excluding hydrogens is 152 g/mol. The number of rotatable bonds is 3. The van der Waals surface area contributed by atoms with Crippen LogP contribution in [0.1, 0.15) is 40.0 Å². The SMILES string of the molecule is CC(C)CC[C@@H]1OC(=O)C[C@@H]1C. The van der Waals surface area contributed by atoms with E-state index in [2.05, 4.69) is 20.8 Å². The largest absolute Gasteiger partial charge is 0.462 e.